The van der Waals surface area contributed by atoms with E-state index >= 15 is 0 Å². The van der Waals surface area contributed by atoms with E-state index in [0.29, 0.717) is 39.4 Å². The first-order chi connectivity index (χ1) is 15.9. The molecule has 3 aromatic rings. The highest BCUT2D eigenvalue weighted by Crippen LogP contribution is 2.17. The van der Waals surface area contributed by atoms with E-state index in [1.165, 1.54) is 11.8 Å². The monoisotopic (exact) mass is 487 g/mol. The second-order valence-electron chi connectivity index (χ2n) is 6.78. The number of nitrogens with zero attached hydrogens (tertiary/aromatic N) is 3. The van der Waals surface area contributed by atoms with E-state index in [9.17, 15) is 14.4 Å². The third kappa shape index (κ3) is 6.80. The molecule has 0 aliphatic heterocycles. The lowest BCUT2D eigenvalue weighted by Gasteiger charge is -2.07. The second kappa shape index (κ2) is 11.5. The van der Waals surface area contributed by atoms with Crippen molar-refractivity contribution in [1.82, 2.24) is 20.1 Å². The predicted octanol–water partition coefficient (Wildman–Crippen LogP) is 3.31. The molecule has 0 aliphatic carbocycles. The molecule has 9 nitrogen and oxygen atoms in total. The topological polar surface area (TPSA) is 115 Å². The summed E-state index contributed by atoms with van der Waals surface area (Å²) >= 11 is 7.06. The zero-order valence-corrected chi connectivity index (χ0v) is 19.6. The molecule has 1 heterocycles. The number of rotatable bonds is 9. The van der Waals surface area contributed by atoms with Crippen molar-refractivity contribution in [2.75, 3.05) is 17.7 Å². The number of anilines is 1. The van der Waals surface area contributed by atoms with Crippen molar-refractivity contribution in [3.8, 4) is 0 Å². The van der Waals surface area contributed by atoms with E-state index in [4.69, 9.17) is 16.3 Å². The fraction of sp³-hybridized carbons (Fsp3) is 0.227. The quantitative estimate of drug-likeness (QED) is 0.351. The van der Waals surface area contributed by atoms with Gasteiger partial charge < -0.3 is 19.9 Å². The Balaban J connectivity index is 1.48. The molecular formula is C22H22ClN5O4S. The first-order valence-corrected chi connectivity index (χ1v) is 11.4. The number of benzene rings is 2. The van der Waals surface area contributed by atoms with Crippen molar-refractivity contribution < 1.29 is 19.1 Å². The number of amides is 2. The molecule has 2 amide bonds. The number of esters is 1. The summed E-state index contributed by atoms with van der Waals surface area (Å²) in [6.45, 7) is 2.22. The smallest absolute Gasteiger partial charge is 0.338 e. The van der Waals surface area contributed by atoms with Gasteiger partial charge in [-0.3, -0.25) is 9.59 Å². The summed E-state index contributed by atoms with van der Waals surface area (Å²) in [7, 11) is 1.76. The van der Waals surface area contributed by atoms with Crippen LogP contribution < -0.4 is 10.6 Å². The molecule has 11 heteroatoms. The highest BCUT2D eigenvalue weighted by Gasteiger charge is 2.14. The van der Waals surface area contributed by atoms with Gasteiger partial charge in [-0.25, -0.2) is 4.79 Å². The average Bonchev–Trinajstić information content (AvgIpc) is 3.16. The third-order valence-corrected chi connectivity index (χ3v) is 5.72. The average molecular weight is 488 g/mol. The highest BCUT2D eigenvalue weighted by molar-refractivity contribution is 7.99. The van der Waals surface area contributed by atoms with Crippen molar-refractivity contribution in [1.29, 1.82) is 0 Å². The summed E-state index contributed by atoms with van der Waals surface area (Å²) in [5, 5.41) is 14.8. The number of ether oxygens (including phenoxy) is 1. The molecule has 2 aromatic carbocycles. The molecule has 0 radical (unpaired) electrons. The molecule has 0 saturated heterocycles. The van der Waals surface area contributed by atoms with Gasteiger partial charge in [-0.1, -0.05) is 23.4 Å². The summed E-state index contributed by atoms with van der Waals surface area (Å²) in [5.41, 5.74) is 1.47. The maximum Gasteiger partial charge on any atom is 0.338 e. The molecule has 0 unspecified atom stereocenters. The van der Waals surface area contributed by atoms with Crippen LogP contribution in [0.4, 0.5) is 5.69 Å². The predicted molar refractivity (Wildman–Crippen MR) is 125 cm³/mol. The van der Waals surface area contributed by atoms with Gasteiger partial charge in [-0.15, -0.1) is 10.2 Å². The SMILES string of the molecule is CCOC(=O)c1ccc(NC(=O)CSc2nnc(CNC(=O)c3ccc(Cl)cc3)n2C)cc1. The first kappa shape index (κ1) is 24.3. The number of hydrogen-bond donors (Lipinski definition) is 2. The Bertz CT molecular complexity index is 1130. The Morgan fingerprint density at radius 1 is 1.03 bits per heavy atom. The molecule has 0 saturated carbocycles. The van der Waals surface area contributed by atoms with Crippen molar-refractivity contribution >= 4 is 46.8 Å². The number of thioether (sulfide) groups is 1. The van der Waals surface area contributed by atoms with Gasteiger partial charge in [0.1, 0.15) is 0 Å². The molecule has 1 aromatic heterocycles. The van der Waals surface area contributed by atoms with Gasteiger partial charge in [0.15, 0.2) is 11.0 Å². The number of carbonyl (C=O) groups excluding carboxylic acids is 3. The Morgan fingerprint density at radius 3 is 2.36 bits per heavy atom. The molecule has 0 aliphatic rings. The van der Waals surface area contributed by atoms with E-state index in [2.05, 4.69) is 20.8 Å². The van der Waals surface area contributed by atoms with E-state index in [0.717, 1.165) is 0 Å². The van der Waals surface area contributed by atoms with Crippen molar-refractivity contribution in [3.63, 3.8) is 0 Å². The van der Waals surface area contributed by atoms with E-state index in [1.54, 1.807) is 67.1 Å². The molecular weight excluding hydrogens is 466 g/mol. The minimum absolute atomic E-state index is 0.114. The Kier molecular flexibility index (Phi) is 8.45. The van der Waals surface area contributed by atoms with Crippen molar-refractivity contribution in [2.45, 2.75) is 18.6 Å². The summed E-state index contributed by atoms with van der Waals surface area (Å²) in [6.07, 6.45) is 0. The summed E-state index contributed by atoms with van der Waals surface area (Å²) in [4.78, 5) is 36.2. The lowest BCUT2D eigenvalue weighted by molar-refractivity contribution is -0.113. The van der Waals surface area contributed by atoms with Crippen LogP contribution in [0.15, 0.2) is 53.7 Å². The standard InChI is InChI=1S/C22H22ClN5O4S/c1-3-32-21(31)15-6-10-17(11-7-15)25-19(29)13-33-22-27-26-18(28(22)2)12-24-20(30)14-4-8-16(23)9-5-14/h4-11H,3,12-13H2,1-2H3,(H,24,30)(H,25,29). The zero-order valence-electron chi connectivity index (χ0n) is 18.0. The molecule has 0 fully saturated rings. The molecule has 33 heavy (non-hydrogen) atoms. The zero-order chi connectivity index (χ0) is 23.8. The van der Waals surface area contributed by atoms with Gasteiger partial charge in [-0.2, -0.15) is 0 Å². The van der Waals surface area contributed by atoms with Crippen LogP contribution >= 0.6 is 23.4 Å². The van der Waals surface area contributed by atoms with Gasteiger partial charge in [0.05, 0.1) is 24.5 Å². The van der Waals surface area contributed by atoms with Gasteiger partial charge in [0, 0.05) is 23.3 Å². The maximum absolute atomic E-state index is 12.3. The van der Waals surface area contributed by atoms with Crippen LogP contribution in [0.2, 0.25) is 5.02 Å². The van der Waals surface area contributed by atoms with Crippen LogP contribution in [0.5, 0.6) is 0 Å². The third-order valence-electron chi connectivity index (χ3n) is 4.45. The Hall–Kier alpha value is -3.37. The number of nitrogens with one attached hydrogen (secondary N) is 2. The van der Waals surface area contributed by atoms with Crippen LogP contribution in [-0.2, 0) is 23.1 Å². The van der Waals surface area contributed by atoms with E-state index in [-0.39, 0.29) is 24.1 Å². The van der Waals surface area contributed by atoms with Crippen LogP contribution in [0.25, 0.3) is 0 Å². The van der Waals surface area contributed by atoms with Crippen LogP contribution in [0.3, 0.4) is 0 Å². The largest absolute Gasteiger partial charge is 0.462 e. The maximum atomic E-state index is 12.3. The van der Waals surface area contributed by atoms with Crippen molar-refractivity contribution in [3.05, 3.63) is 70.5 Å². The molecule has 172 valence electrons. The Morgan fingerprint density at radius 2 is 1.70 bits per heavy atom. The number of halogens is 1. The molecule has 2 N–H and O–H groups in total. The minimum atomic E-state index is -0.409. The fourth-order valence-corrected chi connectivity index (χ4v) is 3.57. The number of carbonyl (C=O) groups is 3. The summed E-state index contributed by atoms with van der Waals surface area (Å²) in [5.74, 6) is -0.229. The van der Waals surface area contributed by atoms with Crippen LogP contribution in [0, 0.1) is 0 Å². The lowest BCUT2D eigenvalue weighted by Crippen LogP contribution is -2.24. The fourth-order valence-electron chi connectivity index (χ4n) is 2.72. The van der Waals surface area contributed by atoms with E-state index < -0.39 is 5.97 Å². The van der Waals surface area contributed by atoms with E-state index in [1.807, 2.05) is 0 Å². The first-order valence-electron chi connectivity index (χ1n) is 9.99. The molecule has 3 rings (SSSR count). The van der Waals surface area contributed by atoms with Gasteiger partial charge in [0.25, 0.3) is 5.91 Å². The molecule has 0 bridgehead atoms. The van der Waals surface area contributed by atoms with Gasteiger partial charge in [-0.05, 0) is 55.5 Å². The van der Waals surface area contributed by atoms with Crippen LogP contribution in [0.1, 0.15) is 33.5 Å². The number of aromatic nitrogens is 3. The van der Waals surface area contributed by atoms with Crippen molar-refractivity contribution in [2.24, 2.45) is 7.05 Å². The van der Waals surface area contributed by atoms with Gasteiger partial charge >= 0.3 is 5.97 Å². The normalized spacial score (nSPS) is 10.5. The van der Waals surface area contributed by atoms with Crippen LogP contribution in [-0.4, -0.2) is 44.9 Å². The second-order valence-corrected chi connectivity index (χ2v) is 8.16. The lowest BCUT2D eigenvalue weighted by atomic mass is 10.2. The minimum Gasteiger partial charge on any atom is -0.462 e. The van der Waals surface area contributed by atoms with Gasteiger partial charge in [0.2, 0.25) is 5.91 Å². The highest BCUT2D eigenvalue weighted by atomic mass is 35.5. The summed E-state index contributed by atoms with van der Waals surface area (Å²) < 4.78 is 6.65. The Labute approximate surface area is 199 Å². The molecule has 0 atom stereocenters. The summed E-state index contributed by atoms with van der Waals surface area (Å²) in [6, 6.07) is 13.0. The number of hydrogen-bond acceptors (Lipinski definition) is 7. The molecule has 0 spiro atoms.